The first kappa shape index (κ1) is 14.3. The number of hydrogen-bond acceptors (Lipinski definition) is 4. The molecule has 0 bridgehead atoms. The van der Waals surface area contributed by atoms with Crippen molar-refractivity contribution in [2.24, 2.45) is 0 Å². The van der Waals surface area contributed by atoms with Crippen molar-refractivity contribution in [2.45, 2.75) is 13.0 Å². The summed E-state index contributed by atoms with van der Waals surface area (Å²) in [4.78, 5) is 18.9. The number of benzene rings is 2. The van der Waals surface area contributed by atoms with Gasteiger partial charge in [0.15, 0.2) is 0 Å². The minimum atomic E-state index is -0.746. The highest BCUT2D eigenvalue weighted by Crippen LogP contribution is 2.16. The van der Waals surface area contributed by atoms with E-state index in [1.807, 2.05) is 18.2 Å². The van der Waals surface area contributed by atoms with Crippen LogP contribution in [0.1, 0.15) is 6.92 Å². The maximum absolute atomic E-state index is 12.1. The Morgan fingerprint density at radius 3 is 2.82 bits per heavy atom. The lowest BCUT2D eigenvalue weighted by Crippen LogP contribution is -2.35. The summed E-state index contributed by atoms with van der Waals surface area (Å²) < 4.78 is 0. The van der Waals surface area contributed by atoms with Crippen LogP contribution in [0.5, 0.6) is 0 Å². The lowest BCUT2D eigenvalue weighted by Gasteiger charge is -2.13. The molecule has 0 saturated carbocycles. The number of aromatic nitrogens is 3. The van der Waals surface area contributed by atoms with Gasteiger partial charge in [-0.15, -0.1) is 5.10 Å². The third-order valence-corrected chi connectivity index (χ3v) is 3.28. The molecule has 0 aliphatic rings. The average Bonchev–Trinajstić information content (AvgIpc) is 2.90. The van der Waals surface area contributed by atoms with Crippen molar-refractivity contribution in [3.05, 3.63) is 53.6 Å². The molecule has 1 atom stereocenters. The van der Waals surface area contributed by atoms with E-state index in [0.717, 1.165) is 0 Å². The first-order valence-corrected chi connectivity index (χ1v) is 7.05. The van der Waals surface area contributed by atoms with E-state index in [-0.39, 0.29) is 5.91 Å². The Kier molecular flexibility index (Phi) is 3.93. The molecule has 22 heavy (non-hydrogen) atoms. The Morgan fingerprint density at radius 1 is 1.27 bits per heavy atom. The molecular formula is C15H13ClN4O2. The molecule has 0 unspecified atom stereocenters. The highest BCUT2D eigenvalue weighted by atomic mass is 35.5. The number of anilines is 1. The number of amides is 1. The molecular weight excluding hydrogens is 304 g/mol. The van der Waals surface area contributed by atoms with E-state index in [4.69, 9.17) is 16.4 Å². The predicted molar refractivity (Wildman–Crippen MR) is 83.7 cm³/mol. The molecule has 3 rings (SSSR count). The van der Waals surface area contributed by atoms with Gasteiger partial charge in [0.2, 0.25) is 6.10 Å². The van der Waals surface area contributed by atoms with E-state index < -0.39 is 6.10 Å². The fourth-order valence-electron chi connectivity index (χ4n) is 1.91. The van der Waals surface area contributed by atoms with Gasteiger partial charge in [-0.3, -0.25) is 4.79 Å². The molecule has 0 fully saturated rings. The Labute approximate surface area is 131 Å². The van der Waals surface area contributed by atoms with Crippen LogP contribution in [0.3, 0.4) is 0 Å². The van der Waals surface area contributed by atoms with Gasteiger partial charge < -0.3 is 10.2 Å². The van der Waals surface area contributed by atoms with Crippen molar-refractivity contribution in [3.63, 3.8) is 0 Å². The van der Waals surface area contributed by atoms with Gasteiger partial charge in [-0.1, -0.05) is 34.6 Å². The van der Waals surface area contributed by atoms with Crippen LogP contribution in [0.25, 0.3) is 11.0 Å². The number of rotatable bonds is 4. The quantitative estimate of drug-likeness (QED) is 0.803. The zero-order chi connectivity index (χ0) is 15.5. The summed E-state index contributed by atoms with van der Waals surface area (Å²) in [7, 11) is 0. The second-order valence-corrected chi connectivity index (χ2v) is 5.13. The van der Waals surface area contributed by atoms with E-state index >= 15 is 0 Å². The van der Waals surface area contributed by atoms with Crippen LogP contribution in [0, 0.1) is 0 Å². The molecule has 1 heterocycles. The lowest BCUT2D eigenvalue weighted by atomic mass is 10.3. The van der Waals surface area contributed by atoms with Crippen LogP contribution in [0.4, 0.5) is 5.69 Å². The van der Waals surface area contributed by atoms with Crippen LogP contribution in [0.2, 0.25) is 5.02 Å². The van der Waals surface area contributed by atoms with E-state index in [0.29, 0.717) is 21.7 Å². The number of hydrogen-bond donors (Lipinski definition) is 1. The normalized spacial score (nSPS) is 12.1. The molecule has 6 nitrogen and oxygen atoms in total. The molecule has 3 aromatic rings. The largest absolute Gasteiger partial charge is 0.382 e. The minimum absolute atomic E-state index is 0.281. The second-order valence-electron chi connectivity index (χ2n) is 4.70. The molecule has 0 spiro atoms. The first-order valence-electron chi connectivity index (χ1n) is 6.67. The Hall–Kier alpha value is -2.60. The molecule has 2 aromatic carbocycles. The number of fused-ring (bicyclic) bond motifs is 1. The van der Waals surface area contributed by atoms with Crippen molar-refractivity contribution in [3.8, 4) is 0 Å². The summed E-state index contributed by atoms with van der Waals surface area (Å²) in [6, 6.07) is 14.3. The van der Waals surface area contributed by atoms with Crippen LogP contribution >= 0.6 is 11.6 Å². The van der Waals surface area contributed by atoms with Crippen LogP contribution in [-0.2, 0) is 4.79 Å². The molecule has 0 saturated heterocycles. The van der Waals surface area contributed by atoms with E-state index in [9.17, 15) is 4.79 Å². The summed E-state index contributed by atoms with van der Waals surface area (Å²) in [6.07, 6.45) is -0.746. The van der Waals surface area contributed by atoms with E-state index in [1.165, 1.54) is 4.85 Å². The standard InChI is InChI=1S/C15H13ClN4O2/c1-10(15(21)17-12-5-3-2-4-6-12)22-20-14-9-11(16)7-8-13(14)18-19-20/h2-10H,1H3,(H,17,21)/t10-/m1/s1. The first-order chi connectivity index (χ1) is 10.6. The SMILES string of the molecule is C[C@@H](On1nnc2ccc(Cl)cc21)C(=O)Nc1ccccc1. The van der Waals surface area contributed by atoms with Crippen molar-refractivity contribution >= 4 is 34.2 Å². The monoisotopic (exact) mass is 316 g/mol. The molecule has 1 aromatic heterocycles. The van der Waals surface area contributed by atoms with Crippen molar-refractivity contribution < 1.29 is 9.63 Å². The molecule has 112 valence electrons. The highest BCUT2D eigenvalue weighted by Gasteiger charge is 2.17. The number of nitrogens with zero attached hydrogens (tertiary/aromatic N) is 3. The van der Waals surface area contributed by atoms with Crippen molar-refractivity contribution in [1.29, 1.82) is 0 Å². The molecule has 0 radical (unpaired) electrons. The van der Waals surface area contributed by atoms with Gasteiger partial charge in [0.05, 0.1) is 0 Å². The zero-order valence-corrected chi connectivity index (χ0v) is 12.5. The van der Waals surface area contributed by atoms with Gasteiger partial charge >= 0.3 is 0 Å². The fourth-order valence-corrected chi connectivity index (χ4v) is 2.08. The molecule has 1 amide bonds. The van der Waals surface area contributed by atoms with Gasteiger partial charge in [-0.25, -0.2) is 0 Å². The summed E-state index contributed by atoms with van der Waals surface area (Å²) in [6.45, 7) is 1.64. The number of nitrogens with one attached hydrogen (secondary N) is 1. The fraction of sp³-hybridized carbons (Fsp3) is 0.133. The van der Waals surface area contributed by atoms with Gasteiger partial charge in [-0.05, 0) is 42.5 Å². The van der Waals surface area contributed by atoms with Crippen molar-refractivity contribution in [1.82, 2.24) is 15.2 Å². The lowest BCUT2D eigenvalue weighted by molar-refractivity contribution is -0.127. The molecule has 7 heteroatoms. The molecule has 0 aliphatic heterocycles. The molecule has 1 N–H and O–H groups in total. The maximum atomic E-state index is 12.1. The van der Waals surface area contributed by atoms with Crippen LogP contribution in [-0.4, -0.2) is 27.2 Å². The topological polar surface area (TPSA) is 69.0 Å². The van der Waals surface area contributed by atoms with E-state index in [2.05, 4.69) is 15.6 Å². The Bertz CT molecular complexity index is 804. The summed E-state index contributed by atoms with van der Waals surface area (Å²) in [5.74, 6) is -0.281. The van der Waals surface area contributed by atoms with Crippen LogP contribution in [0.15, 0.2) is 48.5 Å². The third kappa shape index (κ3) is 3.01. The number of halogens is 1. The van der Waals surface area contributed by atoms with Gasteiger partial charge in [0, 0.05) is 10.7 Å². The zero-order valence-electron chi connectivity index (χ0n) is 11.7. The Morgan fingerprint density at radius 2 is 2.05 bits per heavy atom. The summed E-state index contributed by atoms with van der Waals surface area (Å²) in [5, 5.41) is 11.1. The van der Waals surface area contributed by atoms with Gasteiger partial charge in [0.25, 0.3) is 5.91 Å². The number of carbonyl (C=O) groups is 1. The maximum Gasteiger partial charge on any atom is 0.267 e. The average molecular weight is 317 g/mol. The van der Waals surface area contributed by atoms with Gasteiger partial charge in [-0.2, -0.15) is 0 Å². The predicted octanol–water partition coefficient (Wildman–Crippen LogP) is 2.54. The van der Waals surface area contributed by atoms with E-state index in [1.54, 1.807) is 37.3 Å². The van der Waals surface area contributed by atoms with Crippen LogP contribution < -0.4 is 10.2 Å². The van der Waals surface area contributed by atoms with Gasteiger partial charge in [0.1, 0.15) is 11.0 Å². The number of para-hydroxylation sites is 1. The highest BCUT2D eigenvalue weighted by molar-refractivity contribution is 6.31. The third-order valence-electron chi connectivity index (χ3n) is 3.05. The molecule has 0 aliphatic carbocycles. The summed E-state index contributed by atoms with van der Waals surface area (Å²) >= 11 is 5.95. The minimum Gasteiger partial charge on any atom is -0.382 e. The van der Waals surface area contributed by atoms with Crippen molar-refractivity contribution in [2.75, 3.05) is 5.32 Å². The summed E-state index contributed by atoms with van der Waals surface area (Å²) in [5.41, 5.74) is 1.95. The second kappa shape index (κ2) is 6.03. The Balaban J connectivity index is 1.74. The smallest absolute Gasteiger partial charge is 0.267 e. The number of carbonyl (C=O) groups excluding carboxylic acids is 1.